The zero-order chi connectivity index (χ0) is 35.1. The van der Waals surface area contributed by atoms with Crippen molar-refractivity contribution in [3.8, 4) is 0 Å². The first-order valence-electron chi connectivity index (χ1n) is 16.3. The summed E-state index contributed by atoms with van der Waals surface area (Å²) in [6.45, 7) is 18.5. The summed E-state index contributed by atoms with van der Waals surface area (Å²) in [7, 11) is 0. The van der Waals surface area contributed by atoms with E-state index in [0.717, 1.165) is 25.7 Å². The minimum absolute atomic E-state index is 0.107. The van der Waals surface area contributed by atoms with Crippen LogP contribution in [0, 0.1) is 11.8 Å². The van der Waals surface area contributed by atoms with E-state index in [-0.39, 0.29) is 37.6 Å². The summed E-state index contributed by atoms with van der Waals surface area (Å²) in [5.74, 6) is -7.66. The molecule has 0 aliphatic rings. The zero-order valence-corrected chi connectivity index (χ0v) is 28.5. The summed E-state index contributed by atoms with van der Waals surface area (Å²) >= 11 is 0. The molecule has 0 saturated carbocycles. The minimum Gasteiger partial charge on any atom is -0.466 e. The molecule has 12 heteroatoms. The third-order valence-electron chi connectivity index (χ3n) is 6.93. The Hall–Kier alpha value is -3.70. The molecule has 4 unspecified atom stereocenters. The first kappa shape index (κ1) is 42.3. The lowest BCUT2D eigenvalue weighted by Crippen LogP contribution is -2.35. The molecule has 0 amide bonds. The number of esters is 6. The van der Waals surface area contributed by atoms with Crippen LogP contribution in [0.15, 0.2) is 24.3 Å². The van der Waals surface area contributed by atoms with Crippen molar-refractivity contribution in [1.29, 1.82) is 0 Å². The summed E-state index contributed by atoms with van der Waals surface area (Å²) in [6, 6.07) is 0. The van der Waals surface area contributed by atoms with Crippen LogP contribution in [-0.4, -0.2) is 74.5 Å². The van der Waals surface area contributed by atoms with Crippen molar-refractivity contribution in [2.75, 3.05) is 26.4 Å². The van der Waals surface area contributed by atoms with Gasteiger partial charge in [-0.3, -0.25) is 19.2 Å². The van der Waals surface area contributed by atoms with Crippen molar-refractivity contribution in [2.45, 2.75) is 118 Å². The van der Waals surface area contributed by atoms with Gasteiger partial charge in [-0.15, -0.1) is 0 Å². The Labute approximate surface area is 273 Å². The number of ether oxygens (including phenoxy) is 6. The first-order chi connectivity index (χ1) is 21.8. The molecule has 0 aromatic heterocycles. The Morgan fingerprint density at radius 2 is 0.783 bits per heavy atom. The van der Waals surface area contributed by atoms with Gasteiger partial charge in [-0.2, -0.15) is 0 Å². The Balaban J connectivity index is 5.52. The van der Waals surface area contributed by atoms with E-state index >= 15 is 0 Å². The van der Waals surface area contributed by atoms with Gasteiger partial charge in [0.2, 0.25) is 0 Å². The average Bonchev–Trinajstić information content (AvgIpc) is 3.01. The highest BCUT2D eigenvalue weighted by molar-refractivity contribution is 5.98. The average molecular weight is 655 g/mol. The minimum atomic E-state index is -1.33. The summed E-state index contributed by atoms with van der Waals surface area (Å²) in [5, 5.41) is 0. The number of carbonyl (C=O) groups is 6. The molecular weight excluding hydrogens is 600 g/mol. The highest BCUT2D eigenvalue weighted by atomic mass is 16.6. The third-order valence-corrected chi connectivity index (χ3v) is 6.93. The number of rotatable bonds is 25. The summed E-state index contributed by atoms with van der Waals surface area (Å²) in [5.41, 5.74) is -0.639. The van der Waals surface area contributed by atoms with Crippen LogP contribution >= 0.6 is 0 Å². The van der Waals surface area contributed by atoms with Crippen molar-refractivity contribution >= 4 is 35.8 Å². The maximum atomic E-state index is 13.0. The van der Waals surface area contributed by atoms with Gasteiger partial charge in [-0.1, -0.05) is 66.5 Å². The molecule has 0 fully saturated rings. The summed E-state index contributed by atoms with van der Waals surface area (Å²) in [4.78, 5) is 76.3. The standard InChI is InChI=1S/C34H54O12/c1-9-13-17-41-29(35)21-27(33(39)43-19-15-11-3)23(5)31(37)45-25(7)26(8)46-32(38)24(6)28(34(40)44-20-16-12-4)22-30(36)42-18-14-10-2/h25-28H,5-6,9-22H2,1-4,7-8H3. The number of hydrogen-bond donors (Lipinski definition) is 0. The van der Waals surface area contributed by atoms with Gasteiger partial charge in [0, 0.05) is 11.1 Å². The van der Waals surface area contributed by atoms with E-state index in [1.807, 2.05) is 27.7 Å². The Morgan fingerprint density at radius 1 is 0.500 bits per heavy atom. The maximum absolute atomic E-state index is 13.0. The predicted molar refractivity (Wildman–Crippen MR) is 169 cm³/mol. The van der Waals surface area contributed by atoms with Gasteiger partial charge in [0.15, 0.2) is 0 Å². The summed E-state index contributed by atoms with van der Waals surface area (Å²) in [6.07, 6.45) is 2.60. The van der Waals surface area contributed by atoms with E-state index in [0.29, 0.717) is 25.7 Å². The second-order valence-corrected chi connectivity index (χ2v) is 11.0. The van der Waals surface area contributed by atoms with Crippen LogP contribution in [0.1, 0.15) is 106 Å². The Morgan fingerprint density at radius 3 is 1.07 bits per heavy atom. The van der Waals surface area contributed by atoms with E-state index < -0.39 is 72.7 Å². The van der Waals surface area contributed by atoms with Crippen molar-refractivity contribution < 1.29 is 57.2 Å². The Bertz CT molecular complexity index is 938. The normalized spacial score (nSPS) is 13.3. The predicted octanol–water partition coefficient (Wildman–Crippen LogP) is 5.35. The molecule has 0 N–H and O–H groups in total. The molecule has 0 rings (SSSR count). The van der Waals surface area contributed by atoms with Crippen LogP contribution in [0.4, 0.5) is 0 Å². The fourth-order valence-electron chi connectivity index (χ4n) is 3.61. The second kappa shape index (κ2) is 24.5. The molecule has 0 bridgehead atoms. The molecule has 46 heavy (non-hydrogen) atoms. The molecular formula is C34H54O12. The van der Waals surface area contributed by atoms with Gasteiger partial charge in [0.1, 0.15) is 12.2 Å². The van der Waals surface area contributed by atoms with E-state index in [4.69, 9.17) is 28.4 Å². The van der Waals surface area contributed by atoms with E-state index in [1.165, 1.54) is 13.8 Å². The second-order valence-electron chi connectivity index (χ2n) is 11.0. The van der Waals surface area contributed by atoms with Crippen LogP contribution in [-0.2, 0) is 57.2 Å². The molecule has 0 aliphatic carbocycles. The van der Waals surface area contributed by atoms with Gasteiger partial charge in [0.25, 0.3) is 0 Å². The molecule has 12 nitrogen and oxygen atoms in total. The lowest BCUT2D eigenvalue weighted by atomic mass is 9.96. The molecule has 0 aliphatic heterocycles. The highest BCUT2D eigenvalue weighted by Gasteiger charge is 2.35. The molecule has 0 aromatic rings. The highest BCUT2D eigenvalue weighted by Crippen LogP contribution is 2.23. The van der Waals surface area contributed by atoms with Gasteiger partial charge >= 0.3 is 35.8 Å². The zero-order valence-electron chi connectivity index (χ0n) is 28.5. The maximum Gasteiger partial charge on any atom is 0.334 e. The molecule has 4 atom stereocenters. The van der Waals surface area contributed by atoms with Gasteiger partial charge in [-0.05, 0) is 39.5 Å². The molecule has 0 heterocycles. The van der Waals surface area contributed by atoms with E-state index in [1.54, 1.807) is 0 Å². The lowest BCUT2D eigenvalue weighted by Gasteiger charge is -2.24. The summed E-state index contributed by atoms with van der Waals surface area (Å²) < 4.78 is 31.6. The monoisotopic (exact) mass is 654 g/mol. The fraction of sp³-hybridized carbons (Fsp3) is 0.706. The molecule has 0 spiro atoms. The van der Waals surface area contributed by atoms with E-state index in [2.05, 4.69) is 13.2 Å². The van der Waals surface area contributed by atoms with Crippen LogP contribution in [0.3, 0.4) is 0 Å². The molecule has 0 aromatic carbocycles. The first-order valence-corrected chi connectivity index (χ1v) is 16.3. The number of carbonyl (C=O) groups excluding carboxylic acids is 6. The van der Waals surface area contributed by atoms with Crippen LogP contribution < -0.4 is 0 Å². The molecule has 0 radical (unpaired) electrons. The SMILES string of the molecule is C=C(C(=O)OC(C)C(C)OC(=O)C(=C)C(CC(=O)OCCCC)C(=O)OCCCC)C(CC(=O)OCCCC)C(=O)OCCCC. The van der Waals surface area contributed by atoms with Crippen molar-refractivity contribution in [3.63, 3.8) is 0 Å². The number of unbranched alkanes of at least 4 members (excludes halogenated alkanes) is 4. The molecule has 262 valence electrons. The van der Waals surface area contributed by atoms with Gasteiger partial charge in [0.05, 0.1) is 51.1 Å². The third kappa shape index (κ3) is 17.1. The van der Waals surface area contributed by atoms with Crippen molar-refractivity contribution in [3.05, 3.63) is 24.3 Å². The van der Waals surface area contributed by atoms with Gasteiger partial charge < -0.3 is 28.4 Å². The van der Waals surface area contributed by atoms with E-state index in [9.17, 15) is 28.8 Å². The van der Waals surface area contributed by atoms with Crippen LogP contribution in [0.25, 0.3) is 0 Å². The van der Waals surface area contributed by atoms with Gasteiger partial charge in [-0.25, -0.2) is 9.59 Å². The van der Waals surface area contributed by atoms with Crippen LogP contribution in [0.5, 0.6) is 0 Å². The number of hydrogen-bond acceptors (Lipinski definition) is 12. The quantitative estimate of drug-likeness (QED) is 0.0539. The van der Waals surface area contributed by atoms with Crippen molar-refractivity contribution in [2.24, 2.45) is 11.8 Å². The molecule has 0 saturated heterocycles. The lowest BCUT2D eigenvalue weighted by molar-refractivity contribution is -0.164. The Kier molecular flexibility index (Phi) is 22.5. The van der Waals surface area contributed by atoms with Crippen LogP contribution in [0.2, 0.25) is 0 Å². The van der Waals surface area contributed by atoms with Crippen molar-refractivity contribution in [1.82, 2.24) is 0 Å². The fourth-order valence-corrected chi connectivity index (χ4v) is 3.61. The smallest absolute Gasteiger partial charge is 0.334 e. The largest absolute Gasteiger partial charge is 0.466 e. The topological polar surface area (TPSA) is 158 Å².